The van der Waals surface area contributed by atoms with Crippen molar-refractivity contribution < 1.29 is 14.7 Å². The average Bonchev–Trinajstić information content (AvgIpc) is 2.44. The summed E-state index contributed by atoms with van der Waals surface area (Å²) in [5.74, 6) is -2.11. The van der Waals surface area contributed by atoms with Crippen molar-refractivity contribution in [3.63, 3.8) is 0 Å². The molecular formula is C15H16N2O4. The number of carbonyl (C=O) groups excluding carboxylic acids is 1. The first-order valence-electron chi connectivity index (χ1n) is 6.56. The van der Waals surface area contributed by atoms with Crippen molar-refractivity contribution in [2.24, 2.45) is 5.92 Å². The molecule has 1 heterocycles. The van der Waals surface area contributed by atoms with Crippen LogP contribution in [0, 0.1) is 5.92 Å². The second-order valence-corrected chi connectivity index (χ2v) is 5.11. The maximum Gasteiger partial charge on any atom is 0.326 e. The van der Waals surface area contributed by atoms with Crippen LogP contribution in [0.3, 0.4) is 0 Å². The van der Waals surface area contributed by atoms with Crippen LogP contribution in [0.5, 0.6) is 0 Å². The SMILES string of the molecule is CC(C)C(NC(=O)c1c[nH]c2ccccc2c1=O)C(=O)O. The fourth-order valence-electron chi connectivity index (χ4n) is 2.07. The number of nitrogens with one attached hydrogen (secondary N) is 2. The molecule has 0 spiro atoms. The highest BCUT2D eigenvalue weighted by Crippen LogP contribution is 2.08. The lowest BCUT2D eigenvalue weighted by atomic mass is 10.0. The standard InChI is InChI=1S/C15H16N2O4/c1-8(2)12(15(20)21)17-14(19)10-7-16-11-6-4-3-5-9(11)13(10)18/h3-8,12H,1-2H3,(H,16,18)(H,17,19)(H,20,21). The lowest BCUT2D eigenvalue weighted by Gasteiger charge is -2.17. The van der Waals surface area contributed by atoms with Crippen molar-refractivity contribution >= 4 is 22.8 Å². The Hall–Kier alpha value is -2.63. The van der Waals surface area contributed by atoms with Crippen molar-refractivity contribution in [3.05, 3.63) is 46.2 Å². The van der Waals surface area contributed by atoms with E-state index in [2.05, 4.69) is 10.3 Å². The molecule has 0 saturated carbocycles. The van der Waals surface area contributed by atoms with Gasteiger partial charge in [-0.25, -0.2) is 4.79 Å². The van der Waals surface area contributed by atoms with E-state index in [1.807, 2.05) is 0 Å². The first-order chi connectivity index (χ1) is 9.91. The van der Waals surface area contributed by atoms with Crippen LogP contribution in [0.1, 0.15) is 24.2 Å². The number of carbonyl (C=O) groups is 2. The van der Waals surface area contributed by atoms with Crippen LogP contribution in [0.4, 0.5) is 0 Å². The van der Waals surface area contributed by atoms with Gasteiger partial charge < -0.3 is 15.4 Å². The molecule has 110 valence electrons. The summed E-state index contributed by atoms with van der Waals surface area (Å²) < 4.78 is 0. The van der Waals surface area contributed by atoms with E-state index in [0.29, 0.717) is 10.9 Å². The van der Waals surface area contributed by atoms with Crippen LogP contribution in [0.2, 0.25) is 0 Å². The minimum Gasteiger partial charge on any atom is -0.480 e. The molecule has 1 aromatic heterocycles. The van der Waals surface area contributed by atoms with Gasteiger partial charge in [0.1, 0.15) is 11.6 Å². The normalized spacial score (nSPS) is 12.3. The molecule has 0 aliphatic heterocycles. The van der Waals surface area contributed by atoms with E-state index in [1.54, 1.807) is 38.1 Å². The van der Waals surface area contributed by atoms with Crippen LogP contribution in [-0.4, -0.2) is 28.0 Å². The maximum absolute atomic E-state index is 12.3. The lowest BCUT2D eigenvalue weighted by molar-refractivity contribution is -0.140. The largest absolute Gasteiger partial charge is 0.480 e. The van der Waals surface area contributed by atoms with Crippen LogP contribution in [-0.2, 0) is 4.79 Å². The first-order valence-corrected chi connectivity index (χ1v) is 6.56. The van der Waals surface area contributed by atoms with Gasteiger partial charge in [0.25, 0.3) is 5.91 Å². The highest BCUT2D eigenvalue weighted by Gasteiger charge is 2.25. The van der Waals surface area contributed by atoms with Crippen LogP contribution >= 0.6 is 0 Å². The molecule has 6 nitrogen and oxygen atoms in total. The fourth-order valence-corrected chi connectivity index (χ4v) is 2.07. The molecule has 6 heteroatoms. The van der Waals surface area contributed by atoms with Crippen LogP contribution in [0.15, 0.2) is 35.3 Å². The van der Waals surface area contributed by atoms with Gasteiger partial charge in [0.15, 0.2) is 0 Å². The number of hydrogen-bond acceptors (Lipinski definition) is 3. The average molecular weight is 288 g/mol. The van der Waals surface area contributed by atoms with Gasteiger partial charge in [-0.1, -0.05) is 26.0 Å². The first kappa shape index (κ1) is 14.8. The van der Waals surface area contributed by atoms with Gasteiger partial charge in [-0.15, -0.1) is 0 Å². The van der Waals surface area contributed by atoms with E-state index >= 15 is 0 Å². The fraction of sp³-hybridized carbons (Fsp3) is 0.267. The van der Waals surface area contributed by atoms with Gasteiger partial charge in [0.2, 0.25) is 5.43 Å². The molecule has 2 rings (SSSR count). The van der Waals surface area contributed by atoms with Gasteiger partial charge in [-0.05, 0) is 18.1 Å². The Bertz CT molecular complexity index is 749. The zero-order chi connectivity index (χ0) is 15.6. The van der Waals surface area contributed by atoms with E-state index in [9.17, 15) is 14.4 Å². The second kappa shape index (κ2) is 5.78. The number of benzene rings is 1. The third-order valence-corrected chi connectivity index (χ3v) is 3.25. The Morgan fingerprint density at radius 1 is 1.24 bits per heavy atom. The summed E-state index contributed by atoms with van der Waals surface area (Å²) in [5.41, 5.74) is 0.105. The Balaban J connectivity index is 2.38. The number of hydrogen-bond donors (Lipinski definition) is 3. The molecule has 21 heavy (non-hydrogen) atoms. The van der Waals surface area contributed by atoms with E-state index in [1.165, 1.54) is 6.20 Å². The molecule has 0 radical (unpaired) electrons. The number of carboxylic acid groups (broad SMARTS) is 1. The van der Waals surface area contributed by atoms with Gasteiger partial charge in [0.05, 0.1) is 0 Å². The summed E-state index contributed by atoms with van der Waals surface area (Å²) >= 11 is 0. The van der Waals surface area contributed by atoms with Gasteiger partial charge in [-0.2, -0.15) is 0 Å². The Labute approximate surface area is 120 Å². The molecular weight excluding hydrogens is 272 g/mol. The molecule has 1 unspecified atom stereocenters. The number of amides is 1. The van der Waals surface area contributed by atoms with Crippen molar-refractivity contribution in [2.45, 2.75) is 19.9 Å². The second-order valence-electron chi connectivity index (χ2n) is 5.11. The third-order valence-electron chi connectivity index (χ3n) is 3.25. The molecule has 0 fully saturated rings. The molecule has 2 aromatic rings. The van der Waals surface area contributed by atoms with E-state index in [-0.39, 0.29) is 11.5 Å². The number of pyridine rings is 1. The molecule has 3 N–H and O–H groups in total. The number of aromatic nitrogens is 1. The molecule has 0 aliphatic carbocycles. The number of aromatic amines is 1. The van der Waals surface area contributed by atoms with Crippen molar-refractivity contribution in [1.29, 1.82) is 0 Å². The number of aliphatic carboxylic acids is 1. The number of carboxylic acids is 1. The summed E-state index contributed by atoms with van der Waals surface area (Å²) in [7, 11) is 0. The maximum atomic E-state index is 12.3. The Kier molecular flexibility index (Phi) is 4.07. The van der Waals surface area contributed by atoms with Crippen molar-refractivity contribution in [3.8, 4) is 0 Å². The predicted octanol–water partition coefficient (Wildman–Crippen LogP) is 1.37. The van der Waals surface area contributed by atoms with Crippen molar-refractivity contribution in [1.82, 2.24) is 10.3 Å². The molecule has 1 atom stereocenters. The molecule has 0 aliphatic rings. The molecule has 1 aromatic carbocycles. The zero-order valence-electron chi connectivity index (χ0n) is 11.7. The minimum atomic E-state index is -1.13. The summed E-state index contributed by atoms with van der Waals surface area (Å²) in [4.78, 5) is 38.4. The van der Waals surface area contributed by atoms with Crippen LogP contribution in [0.25, 0.3) is 10.9 Å². The number of para-hydroxylation sites is 1. The van der Waals surface area contributed by atoms with Gasteiger partial charge >= 0.3 is 5.97 Å². The van der Waals surface area contributed by atoms with E-state index in [0.717, 1.165) is 0 Å². The van der Waals surface area contributed by atoms with E-state index < -0.39 is 23.3 Å². The monoisotopic (exact) mass is 288 g/mol. The zero-order valence-corrected chi connectivity index (χ0v) is 11.7. The number of fused-ring (bicyclic) bond motifs is 1. The van der Waals surface area contributed by atoms with E-state index in [4.69, 9.17) is 5.11 Å². The quantitative estimate of drug-likeness (QED) is 0.791. The third kappa shape index (κ3) is 2.94. The summed E-state index contributed by atoms with van der Waals surface area (Å²) in [6, 6.07) is 5.78. The van der Waals surface area contributed by atoms with Gasteiger partial charge in [0, 0.05) is 17.1 Å². The summed E-state index contributed by atoms with van der Waals surface area (Å²) in [5, 5.41) is 11.8. The van der Waals surface area contributed by atoms with Gasteiger partial charge in [-0.3, -0.25) is 9.59 Å². The van der Waals surface area contributed by atoms with Crippen molar-refractivity contribution in [2.75, 3.05) is 0 Å². The molecule has 1 amide bonds. The smallest absolute Gasteiger partial charge is 0.326 e. The topological polar surface area (TPSA) is 99.3 Å². The lowest BCUT2D eigenvalue weighted by Crippen LogP contribution is -2.45. The predicted molar refractivity (Wildman–Crippen MR) is 78.3 cm³/mol. The Morgan fingerprint density at radius 3 is 2.52 bits per heavy atom. The summed E-state index contributed by atoms with van der Waals surface area (Å²) in [6.07, 6.45) is 1.30. The van der Waals surface area contributed by atoms with Crippen LogP contribution < -0.4 is 10.7 Å². The highest BCUT2D eigenvalue weighted by atomic mass is 16.4. The minimum absolute atomic E-state index is 0.0967. The summed E-state index contributed by atoms with van der Waals surface area (Å²) in [6.45, 7) is 3.37. The number of H-pyrrole nitrogens is 1. The number of rotatable bonds is 4. The highest BCUT2D eigenvalue weighted by molar-refractivity contribution is 5.98. The molecule has 0 bridgehead atoms. The molecule has 0 saturated heterocycles. The Morgan fingerprint density at radius 2 is 1.90 bits per heavy atom.